The Morgan fingerprint density at radius 2 is 1.46 bits per heavy atom. The summed E-state index contributed by atoms with van der Waals surface area (Å²) in [5.41, 5.74) is 11.0. The Hall–Kier alpha value is -4.21. The van der Waals surface area contributed by atoms with Crippen LogP contribution in [0.15, 0.2) is 78.9 Å². The number of benzene rings is 3. The van der Waals surface area contributed by atoms with E-state index in [2.05, 4.69) is 10.6 Å². The largest absolute Gasteiger partial charge is 0.459 e. The molecule has 0 aliphatic heterocycles. The number of aliphatic hydroxyl groups excluding tert-OH is 1. The molecule has 0 bridgehead atoms. The minimum atomic E-state index is -1.28. The first-order valence-electron chi connectivity index (χ1n) is 11.9. The first kappa shape index (κ1) is 25.9. The summed E-state index contributed by atoms with van der Waals surface area (Å²) >= 11 is 0. The van der Waals surface area contributed by atoms with Crippen molar-refractivity contribution in [3.05, 3.63) is 95.6 Å². The first-order valence-corrected chi connectivity index (χ1v) is 11.9. The quantitative estimate of drug-likeness (QED) is 0.311. The fourth-order valence-electron chi connectivity index (χ4n) is 4.22. The van der Waals surface area contributed by atoms with Crippen LogP contribution in [0.5, 0.6) is 0 Å². The number of esters is 1. The third-order valence-electron chi connectivity index (χ3n) is 6.15. The molecule has 0 saturated heterocycles. The van der Waals surface area contributed by atoms with Crippen LogP contribution >= 0.6 is 0 Å². The average Bonchev–Trinajstić information content (AvgIpc) is 3.26. The summed E-state index contributed by atoms with van der Waals surface area (Å²) in [7, 11) is 0. The van der Waals surface area contributed by atoms with Gasteiger partial charge in [0.25, 0.3) is 0 Å². The Kier molecular flexibility index (Phi) is 8.50. The smallest absolute Gasteiger partial charge is 0.407 e. The number of hydrogen-bond acceptors (Lipinski definition) is 7. The summed E-state index contributed by atoms with van der Waals surface area (Å²) < 4.78 is 10.6. The molecule has 2 amide bonds. The molecule has 0 spiro atoms. The predicted molar refractivity (Wildman–Crippen MR) is 136 cm³/mol. The van der Waals surface area contributed by atoms with Crippen molar-refractivity contribution >= 4 is 18.0 Å². The molecule has 3 aromatic rings. The van der Waals surface area contributed by atoms with Crippen LogP contribution in [0.25, 0.3) is 11.1 Å². The maximum absolute atomic E-state index is 12.4. The van der Waals surface area contributed by atoms with Gasteiger partial charge in [-0.3, -0.25) is 4.79 Å². The zero-order chi connectivity index (χ0) is 26.2. The van der Waals surface area contributed by atoms with E-state index in [1.165, 1.54) is 0 Å². The van der Waals surface area contributed by atoms with Crippen molar-refractivity contribution in [2.75, 3.05) is 19.8 Å². The molecule has 3 aromatic carbocycles. The van der Waals surface area contributed by atoms with Gasteiger partial charge in [0.2, 0.25) is 5.91 Å². The lowest BCUT2D eigenvalue weighted by Gasteiger charge is -2.19. The summed E-state index contributed by atoms with van der Waals surface area (Å²) in [4.78, 5) is 37.0. The van der Waals surface area contributed by atoms with Crippen molar-refractivity contribution in [1.29, 1.82) is 0 Å². The third-order valence-corrected chi connectivity index (χ3v) is 6.15. The van der Waals surface area contributed by atoms with Gasteiger partial charge >= 0.3 is 12.1 Å². The molecule has 0 heterocycles. The van der Waals surface area contributed by atoms with E-state index in [1.54, 1.807) is 24.3 Å². The Balaban J connectivity index is 1.23. The SMILES string of the molecule is N[C@@H](CNC(=O)OCC1c2ccccc2-c2ccccc21)C(=O)N[C@@H](CO)C(=O)OCc1ccccc1. The normalized spacial score (nSPS) is 13.6. The van der Waals surface area contributed by atoms with Crippen LogP contribution in [0.4, 0.5) is 4.79 Å². The summed E-state index contributed by atoms with van der Waals surface area (Å²) in [6, 6.07) is 22.5. The van der Waals surface area contributed by atoms with Crippen molar-refractivity contribution in [3.8, 4) is 11.1 Å². The standard InChI is InChI=1S/C28H29N3O6/c29-24(26(33)31-25(15-32)27(34)36-16-18-8-2-1-3-9-18)14-30-28(35)37-17-23-21-12-6-4-10-19(21)20-11-5-7-13-22(20)23/h1-13,23-25,32H,14-17,29H2,(H,30,35)(H,31,33)/t24-,25-/m0/s1. The number of nitrogens with one attached hydrogen (secondary N) is 2. The van der Waals surface area contributed by atoms with Gasteiger partial charge < -0.3 is 30.9 Å². The van der Waals surface area contributed by atoms with Gasteiger partial charge in [0.1, 0.15) is 19.3 Å². The molecule has 37 heavy (non-hydrogen) atoms. The van der Waals surface area contributed by atoms with Crippen LogP contribution in [0, 0.1) is 0 Å². The Labute approximate surface area is 214 Å². The van der Waals surface area contributed by atoms with Gasteiger partial charge in [-0.05, 0) is 27.8 Å². The highest BCUT2D eigenvalue weighted by Crippen LogP contribution is 2.44. The monoisotopic (exact) mass is 503 g/mol. The van der Waals surface area contributed by atoms with Crippen LogP contribution in [-0.4, -0.2) is 54.9 Å². The highest BCUT2D eigenvalue weighted by molar-refractivity contribution is 5.88. The lowest BCUT2D eigenvalue weighted by Crippen LogP contribution is -2.53. The molecule has 192 valence electrons. The average molecular weight is 504 g/mol. The van der Waals surface area contributed by atoms with E-state index in [0.717, 1.165) is 27.8 Å². The van der Waals surface area contributed by atoms with E-state index in [9.17, 15) is 19.5 Å². The summed E-state index contributed by atoms with van der Waals surface area (Å²) in [6.45, 7) is -0.756. The van der Waals surface area contributed by atoms with E-state index < -0.39 is 36.7 Å². The van der Waals surface area contributed by atoms with Crippen molar-refractivity contribution in [3.63, 3.8) is 0 Å². The van der Waals surface area contributed by atoms with Gasteiger partial charge in [-0.25, -0.2) is 9.59 Å². The van der Waals surface area contributed by atoms with Crippen LogP contribution < -0.4 is 16.4 Å². The van der Waals surface area contributed by atoms with E-state index in [0.29, 0.717) is 0 Å². The van der Waals surface area contributed by atoms with E-state index in [4.69, 9.17) is 15.2 Å². The highest BCUT2D eigenvalue weighted by Gasteiger charge is 2.29. The van der Waals surface area contributed by atoms with Crippen molar-refractivity contribution in [2.24, 2.45) is 5.73 Å². The molecule has 0 unspecified atom stereocenters. The lowest BCUT2D eigenvalue weighted by molar-refractivity contribution is -0.150. The molecular weight excluding hydrogens is 474 g/mol. The molecule has 9 heteroatoms. The second kappa shape index (κ2) is 12.2. The van der Waals surface area contributed by atoms with Crippen molar-refractivity contribution in [2.45, 2.75) is 24.6 Å². The Morgan fingerprint density at radius 1 is 0.865 bits per heavy atom. The van der Waals surface area contributed by atoms with Crippen LogP contribution in [0.2, 0.25) is 0 Å². The maximum Gasteiger partial charge on any atom is 0.407 e. The predicted octanol–water partition coefficient (Wildman–Crippen LogP) is 2.07. The minimum Gasteiger partial charge on any atom is -0.459 e. The molecular formula is C28H29N3O6. The zero-order valence-corrected chi connectivity index (χ0v) is 20.1. The number of aliphatic hydroxyl groups is 1. The van der Waals surface area contributed by atoms with Crippen LogP contribution in [0.1, 0.15) is 22.6 Å². The van der Waals surface area contributed by atoms with Crippen molar-refractivity contribution in [1.82, 2.24) is 10.6 Å². The molecule has 0 fully saturated rings. The molecule has 0 radical (unpaired) electrons. The van der Waals surface area contributed by atoms with Crippen molar-refractivity contribution < 1.29 is 29.0 Å². The van der Waals surface area contributed by atoms with Gasteiger partial charge in [0, 0.05) is 12.5 Å². The van der Waals surface area contributed by atoms with Gasteiger partial charge in [-0.1, -0.05) is 78.9 Å². The van der Waals surface area contributed by atoms with E-state index in [-0.39, 0.29) is 25.7 Å². The second-order valence-electron chi connectivity index (χ2n) is 8.65. The summed E-state index contributed by atoms with van der Waals surface area (Å²) in [5.74, 6) is -1.62. The highest BCUT2D eigenvalue weighted by atomic mass is 16.5. The number of ether oxygens (including phenoxy) is 2. The molecule has 0 aromatic heterocycles. The molecule has 1 aliphatic carbocycles. The fraction of sp³-hybridized carbons (Fsp3) is 0.250. The molecule has 4 rings (SSSR count). The van der Waals surface area contributed by atoms with E-state index in [1.807, 2.05) is 54.6 Å². The Bertz CT molecular complexity index is 1200. The van der Waals surface area contributed by atoms with E-state index >= 15 is 0 Å². The molecule has 0 saturated carbocycles. The van der Waals surface area contributed by atoms with Gasteiger partial charge in [-0.15, -0.1) is 0 Å². The summed E-state index contributed by atoms with van der Waals surface area (Å²) in [6.07, 6.45) is -0.717. The number of carbonyl (C=O) groups excluding carboxylic acids is 3. The number of nitrogens with two attached hydrogens (primary N) is 1. The molecule has 9 nitrogen and oxygen atoms in total. The van der Waals surface area contributed by atoms with Crippen LogP contribution in [-0.2, 0) is 25.7 Å². The number of fused-ring (bicyclic) bond motifs is 3. The van der Waals surface area contributed by atoms with Gasteiger partial charge in [0.05, 0.1) is 6.61 Å². The van der Waals surface area contributed by atoms with Crippen LogP contribution in [0.3, 0.4) is 0 Å². The van der Waals surface area contributed by atoms with Gasteiger partial charge in [-0.2, -0.15) is 0 Å². The third kappa shape index (κ3) is 6.32. The maximum atomic E-state index is 12.4. The number of amides is 2. The lowest BCUT2D eigenvalue weighted by atomic mass is 9.98. The Morgan fingerprint density at radius 3 is 2.08 bits per heavy atom. The fourth-order valence-corrected chi connectivity index (χ4v) is 4.22. The first-order chi connectivity index (χ1) is 18.0. The second-order valence-corrected chi connectivity index (χ2v) is 8.65. The topological polar surface area (TPSA) is 140 Å². The molecule has 5 N–H and O–H groups in total. The van der Waals surface area contributed by atoms with Gasteiger partial charge in [0.15, 0.2) is 6.04 Å². The minimum absolute atomic E-state index is 0.00143. The number of alkyl carbamates (subject to hydrolysis) is 1. The summed E-state index contributed by atoms with van der Waals surface area (Å²) in [5, 5.41) is 14.3. The molecule has 1 aliphatic rings. The number of carbonyl (C=O) groups is 3. The number of hydrogen-bond donors (Lipinski definition) is 4. The number of rotatable bonds is 10. The molecule has 2 atom stereocenters. The zero-order valence-electron chi connectivity index (χ0n) is 20.1.